The normalized spacial score (nSPS) is 17.4. The van der Waals surface area contributed by atoms with Gasteiger partial charge in [-0.2, -0.15) is 0 Å². The van der Waals surface area contributed by atoms with Crippen LogP contribution in [0.4, 0.5) is 4.79 Å². The summed E-state index contributed by atoms with van der Waals surface area (Å²) in [5.74, 6) is -0.218. The molecular formula is C23H19BrCl2N2O4S. The second-order valence-corrected chi connectivity index (χ2v) is 10.3. The second kappa shape index (κ2) is 10.5. The monoisotopic (exact) mass is 568 g/mol. The highest BCUT2D eigenvalue weighted by Crippen LogP contribution is 2.38. The third-order valence-corrected chi connectivity index (χ3v) is 7.27. The van der Waals surface area contributed by atoms with Gasteiger partial charge in [0.2, 0.25) is 5.91 Å². The highest BCUT2D eigenvalue weighted by molar-refractivity contribution is 9.10. The molecule has 2 aromatic carbocycles. The van der Waals surface area contributed by atoms with E-state index >= 15 is 0 Å². The van der Waals surface area contributed by atoms with Crippen LogP contribution >= 0.6 is 50.9 Å². The Hall–Kier alpha value is -2.00. The van der Waals surface area contributed by atoms with Gasteiger partial charge in [-0.05, 0) is 82.0 Å². The summed E-state index contributed by atoms with van der Waals surface area (Å²) in [5, 5.41) is 0.548. The van der Waals surface area contributed by atoms with E-state index in [0.717, 1.165) is 35.1 Å². The van der Waals surface area contributed by atoms with E-state index in [2.05, 4.69) is 15.9 Å². The number of ether oxygens (including phenoxy) is 1. The molecule has 0 spiro atoms. The van der Waals surface area contributed by atoms with E-state index in [9.17, 15) is 14.4 Å². The molecule has 2 saturated heterocycles. The van der Waals surface area contributed by atoms with Crippen molar-refractivity contribution in [1.29, 1.82) is 0 Å². The van der Waals surface area contributed by atoms with E-state index < -0.39 is 11.1 Å². The molecular weight excluding hydrogens is 551 g/mol. The van der Waals surface area contributed by atoms with Crippen LogP contribution in [0.1, 0.15) is 24.0 Å². The molecule has 172 valence electrons. The maximum atomic E-state index is 12.8. The first kappa shape index (κ1) is 24.1. The molecule has 3 amide bonds. The minimum atomic E-state index is -0.479. The molecule has 6 nitrogen and oxygen atoms in total. The summed E-state index contributed by atoms with van der Waals surface area (Å²) in [6.45, 7) is 1.41. The maximum absolute atomic E-state index is 12.8. The van der Waals surface area contributed by atoms with E-state index in [4.69, 9.17) is 27.9 Å². The molecule has 0 saturated carbocycles. The summed E-state index contributed by atoms with van der Waals surface area (Å²) < 4.78 is 6.46. The van der Waals surface area contributed by atoms with Crippen molar-refractivity contribution in [3.05, 3.63) is 66.9 Å². The number of hydrogen-bond acceptors (Lipinski definition) is 5. The number of rotatable bonds is 6. The van der Waals surface area contributed by atoms with Crippen LogP contribution in [0.2, 0.25) is 10.0 Å². The molecule has 33 heavy (non-hydrogen) atoms. The molecule has 2 fully saturated rings. The predicted octanol–water partition coefficient (Wildman–Crippen LogP) is 5.99. The van der Waals surface area contributed by atoms with Crippen molar-refractivity contribution < 1.29 is 19.1 Å². The van der Waals surface area contributed by atoms with Crippen LogP contribution in [0.25, 0.3) is 6.08 Å². The molecule has 0 bridgehead atoms. The largest absolute Gasteiger partial charge is 0.486 e. The number of imide groups is 1. The molecule has 0 aliphatic carbocycles. The Morgan fingerprint density at radius 2 is 1.82 bits per heavy atom. The van der Waals surface area contributed by atoms with Gasteiger partial charge in [0, 0.05) is 18.1 Å². The molecule has 0 N–H and O–H groups in total. The Labute approximate surface area is 214 Å². The van der Waals surface area contributed by atoms with Crippen molar-refractivity contribution in [2.75, 3.05) is 19.6 Å². The molecule has 4 rings (SSSR count). The number of halogens is 3. The summed E-state index contributed by atoms with van der Waals surface area (Å²) in [6.07, 6.45) is 3.48. The van der Waals surface area contributed by atoms with Crippen LogP contribution in [0.5, 0.6) is 5.75 Å². The Kier molecular flexibility index (Phi) is 7.69. The van der Waals surface area contributed by atoms with Crippen LogP contribution < -0.4 is 4.74 Å². The standard InChI is InChI=1S/C23H19BrCl2N2O4S/c24-17-9-15(10-18(26)21(17)32-13-14-3-5-16(25)6-4-14)11-19-22(30)28(23(31)33-19)12-20(29)27-7-1-2-8-27/h3-6,9-11H,1-2,7-8,12-13H2/b19-11+. The summed E-state index contributed by atoms with van der Waals surface area (Å²) in [4.78, 5) is 40.4. The molecule has 10 heteroatoms. The predicted molar refractivity (Wildman–Crippen MR) is 133 cm³/mol. The van der Waals surface area contributed by atoms with Crippen molar-refractivity contribution in [3.8, 4) is 5.75 Å². The highest BCUT2D eigenvalue weighted by Gasteiger charge is 2.37. The number of carbonyl (C=O) groups excluding carboxylic acids is 3. The van der Waals surface area contributed by atoms with Crippen LogP contribution in [0, 0.1) is 0 Å². The first-order chi connectivity index (χ1) is 15.8. The summed E-state index contributed by atoms with van der Waals surface area (Å²) in [6, 6.07) is 10.7. The van der Waals surface area contributed by atoms with Gasteiger partial charge < -0.3 is 9.64 Å². The van der Waals surface area contributed by atoms with E-state index in [1.165, 1.54) is 0 Å². The van der Waals surface area contributed by atoms with Crippen molar-refractivity contribution in [2.45, 2.75) is 19.4 Å². The molecule has 2 aromatic rings. The first-order valence-electron chi connectivity index (χ1n) is 10.2. The number of likely N-dealkylation sites (tertiary alicyclic amines) is 1. The Bertz CT molecular complexity index is 1110. The molecule has 2 aliphatic heterocycles. The third-order valence-electron chi connectivity index (χ3n) is 5.24. The summed E-state index contributed by atoms with van der Waals surface area (Å²) in [5.41, 5.74) is 1.56. The fraction of sp³-hybridized carbons (Fsp3) is 0.261. The maximum Gasteiger partial charge on any atom is 0.294 e. The average molecular weight is 570 g/mol. The van der Waals surface area contributed by atoms with Gasteiger partial charge in [0.15, 0.2) is 5.75 Å². The zero-order valence-electron chi connectivity index (χ0n) is 17.4. The molecule has 2 heterocycles. The summed E-state index contributed by atoms with van der Waals surface area (Å²) >= 11 is 16.6. The van der Waals surface area contributed by atoms with Gasteiger partial charge in [-0.25, -0.2) is 0 Å². The van der Waals surface area contributed by atoms with Crippen LogP contribution in [0.3, 0.4) is 0 Å². The van der Waals surface area contributed by atoms with Gasteiger partial charge in [-0.1, -0.05) is 35.3 Å². The Balaban J connectivity index is 1.45. The van der Waals surface area contributed by atoms with Crippen molar-refractivity contribution in [1.82, 2.24) is 9.80 Å². The Morgan fingerprint density at radius 1 is 1.12 bits per heavy atom. The molecule has 0 unspecified atom stereocenters. The minimum Gasteiger partial charge on any atom is -0.486 e. The number of carbonyl (C=O) groups is 3. The van der Waals surface area contributed by atoms with E-state index in [0.29, 0.717) is 45.5 Å². The van der Waals surface area contributed by atoms with Crippen molar-refractivity contribution >= 4 is 74.0 Å². The van der Waals surface area contributed by atoms with Gasteiger partial charge in [-0.3, -0.25) is 19.3 Å². The van der Waals surface area contributed by atoms with Crippen LogP contribution in [-0.2, 0) is 16.2 Å². The SMILES string of the molecule is O=C(CN1C(=O)S/C(=C/c2cc(Cl)c(OCc3ccc(Cl)cc3)c(Br)c2)C1=O)N1CCCC1. The zero-order chi connectivity index (χ0) is 23.5. The van der Waals surface area contributed by atoms with E-state index in [1.54, 1.807) is 35.2 Å². The van der Waals surface area contributed by atoms with Gasteiger partial charge >= 0.3 is 0 Å². The number of thioether (sulfide) groups is 1. The van der Waals surface area contributed by atoms with Gasteiger partial charge in [0.05, 0.1) is 14.4 Å². The zero-order valence-corrected chi connectivity index (χ0v) is 21.3. The lowest BCUT2D eigenvalue weighted by molar-refractivity contribution is -0.135. The van der Waals surface area contributed by atoms with E-state index in [-0.39, 0.29) is 17.4 Å². The van der Waals surface area contributed by atoms with E-state index in [1.807, 2.05) is 12.1 Å². The van der Waals surface area contributed by atoms with Crippen molar-refractivity contribution in [2.24, 2.45) is 0 Å². The number of amides is 3. The molecule has 0 radical (unpaired) electrons. The van der Waals surface area contributed by atoms with Crippen LogP contribution in [-0.4, -0.2) is 46.5 Å². The number of hydrogen-bond donors (Lipinski definition) is 0. The first-order valence-corrected chi connectivity index (χ1v) is 12.6. The lowest BCUT2D eigenvalue weighted by Crippen LogP contribution is -2.40. The lowest BCUT2D eigenvalue weighted by Gasteiger charge is -2.18. The fourth-order valence-corrected chi connectivity index (χ4v) is 5.48. The fourth-order valence-electron chi connectivity index (χ4n) is 3.53. The smallest absolute Gasteiger partial charge is 0.294 e. The highest BCUT2D eigenvalue weighted by atomic mass is 79.9. The summed E-state index contributed by atoms with van der Waals surface area (Å²) in [7, 11) is 0. The molecule has 0 atom stereocenters. The Morgan fingerprint density at radius 3 is 2.48 bits per heavy atom. The topological polar surface area (TPSA) is 66.9 Å². The third kappa shape index (κ3) is 5.74. The number of nitrogens with zero attached hydrogens (tertiary/aromatic N) is 2. The van der Waals surface area contributed by atoms with Gasteiger partial charge in [-0.15, -0.1) is 0 Å². The second-order valence-electron chi connectivity index (χ2n) is 7.58. The average Bonchev–Trinajstić information content (AvgIpc) is 3.39. The minimum absolute atomic E-state index is 0.205. The van der Waals surface area contributed by atoms with Gasteiger partial charge in [0.25, 0.3) is 11.1 Å². The quantitative estimate of drug-likeness (QED) is 0.399. The van der Waals surface area contributed by atoms with Crippen LogP contribution in [0.15, 0.2) is 45.8 Å². The lowest BCUT2D eigenvalue weighted by atomic mass is 10.2. The van der Waals surface area contributed by atoms with Crippen molar-refractivity contribution in [3.63, 3.8) is 0 Å². The number of benzene rings is 2. The molecule has 2 aliphatic rings. The van der Waals surface area contributed by atoms with Gasteiger partial charge in [0.1, 0.15) is 13.2 Å². The molecule has 0 aromatic heterocycles.